The molecule has 1 heterocycles. The Labute approximate surface area is 163 Å². The third kappa shape index (κ3) is 2.83. The van der Waals surface area contributed by atoms with Crippen LogP contribution < -0.4 is 0 Å². The van der Waals surface area contributed by atoms with E-state index in [4.69, 9.17) is 0 Å². The number of nitrogens with zero attached hydrogens (tertiary/aromatic N) is 3. The Morgan fingerprint density at radius 1 is 0.857 bits per heavy atom. The van der Waals surface area contributed by atoms with Gasteiger partial charge in [-0.05, 0) is 63.6 Å². The standard InChI is InChI=1S/C24H20N4/c1-16-19(13-14-24-25-27-28-26-24)21-11-4-5-12-22(21)23(16)15-18-9-6-8-17-7-2-3-10-20(17)18/h2-12,15H,13-14H2,1H3,(H,25,26,27,28)/b23-15-. The summed E-state index contributed by atoms with van der Waals surface area (Å²) in [4.78, 5) is 0. The summed E-state index contributed by atoms with van der Waals surface area (Å²) in [7, 11) is 0. The number of aromatic amines is 1. The van der Waals surface area contributed by atoms with Gasteiger partial charge in [0.1, 0.15) is 0 Å². The molecule has 1 aliphatic carbocycles. The summed E-state index contributed by atoms with van der Waals surface area (Å²) in [5.74, 6) is 0.754. The van der Waals surface area contributed by atoms with E-state index in [1.165, 1.54) is 44.2 Å². The zero-order chi connectivity index (χ0) is 18.9. The van der Waals surface area contributed by atoms with E-state index < -0.39 is 0 Å². The molecule has 28 heavy (non-hydrogen) atoms. The highest BCUT2D eigenvalue weighted by Gasteiger charge is 2.23. The Morgan fingerprint density at radius 3 is 2.50 bits per heavy atom. The molecular formula is C24H20N4. The number of tetrazole rings is 1. The van der Waals surface area contributed by atoms with Crippen molar-refractivity contribution in [2.45, 2.75) is 19.8 Å². The van der Waals surface area contributed by atoms with E-state index in [9.17, 15) is 0 Å². The molecule has 0 atom stereocenters. The molecule has 0 radical (unpaired) electrons. The highest BCUT2D eigenvalue weighted by molar-refractivity contribution is 6.07. The molecule has 1 aromatic heterocycles. The molecule has 0 unspecified atom stereocenters. The van der Waals surface area contributed by atoms with Crippen molar-refractivity contribution in [2.75, 3.05) is 0 Å². The van der Waals surface area contributed by atoms with Crippen LogP contribution >= 0.6 is 0 Å². The Bertz CT molecular complexity index is 1210. The fraction of sp³-hybridized carbons (Fsp3) is 0.125. The largest absolute Gasteiger partial charge is 0.177 e. The van der Waals surface area contributed by atoms with Crippen LogP contribution in [0, 0.1) is 0 Å². The summed E-state index contributed by atoms with van der Waals surface area (Å²) in [6.45, 7) is 2.22. The quantitative estimate of drug-likeness (QED) is 0.534. The maximum Gasteiger partial charge on any atom is 0.174 e. The highest BCUT2D eigenvalue weighted by atomic mass is 15.5. The maximum absolute atomic E-state index is 4.09. The molecule has 5 rings (SSSR count). The van der Waals surface area contributed by atoms with Gasteiger partial charge in [-0.15, -0.1) is 10.2 Å². The fourth-order valence-corrected chi connectivity index (χ4v) is 4.11. The van der Waals surface area contributed by atoms with Crippen molar-refractivity contribution in [3.8, 4) is 0 Å². The van der Waals surface area contributed by atoms with Gasteiger partial charge in [0.2, 0.25) is 0 Å². The molecule has 4 aromatic rings. The Hall–Kier alpha value is -3.53. The topological polar surface area (TPSA) is 54.5 Å². The SMILES string of the molecule is CC1=C(CCc2nn[nH]n2)c2ccccc2/C1=C\c1cccc2ccccc12. The van der Waals surface area contributed by atoms with Crippen LogP contribution in [0.2, 0.25) is 0 Å². The first-order valence-corrected chi connectivity index (χ1v) is 9.53. The van der Waals surface area contributed by atoms with Crippen molar-refractivity contribution in [3.05, 3.63) is 94.8 Å². The van der Waals surface area contributed by atoms with Crippen molar-refractivity contribution in [1.29, 1.82) is 0 Å². The number of aryl methyl sites for hydroxylation is 1. The average Bonchev–Trinajstić information content (AvgIpc) is 3.34. The fourth-order valence-electron chi connectivity index (χ4n) is 4.11. The molecule has 1 aliphatic rings. The van der Waals surface area contributed by atoms with Crippen molar-refractivity contribution in [1.82, 2.24) is 20.6 Å². The molecule has 0 spiro atoms. The molecule has 0 aliphatic heterocycles. The van der Waals surface area contributed by atoms with Gasteiger partial charge in [0.15, 0.2) is 5.82 Å². The number of benzene rings is 3. The van der Waals surface area contributed by atoms with Crippen LogP contribution in [-0.2, 0) is 6.42 Å². The second-order valence-electron chi connectivity index (χ2n) is 7.10. The number of hydrogen-bond acceptors (Lipinski definition) is 3. The van der Waals surface area contributed by atoms with Crippen molar-refractivity contribution in [3.63, 3.8) is 0 Å². The summed E-state index contributed by atoms with van der Waals surface area (Å²) in [6.07, 6.45) is 4.01. The molecule has 4 nitrogen and oxygen atoms in total. The first-order valence-electron chi connectivity index (χ1n) is 9.53. The highest BCUT2D eigenvalue weighted by Crippen LogP contribution is 2.44. The Kier molecular flexibility index (Phi) is 4.09. The van der Waals surface area contributed by atoms with Gasteiger partial charge in [-0.2, -0.15) is 5.21 Å². The van der Waals surface area contributed by atoms with Gasteiger partial charge < -0.3 is 0 Å². The molecule has 1 N–H and O–H groups in total. The number of nitrogens with one attached hydrogen (secondary N) is 1. The van der Waals surface area contributed by atoms with Gasteiger partial charge in [0.05, 0.1) is 0 Å². The van der Waals surface area contributed by atoms with E-state index in [2.05, 4.69) is 100 Å². The zero-order valence-electron chi connectivity index (χ0n) is 15.7. The molecule has 0 saturated heterocycles. The number of allylic oxidation sites excluding steroid dienone is 3. The van der Waals surface area contributed by atoms with E-state index in [1.807, 2.05) is 0 Å². The maximum atomic E-state index is 4.09. The number of aromatic nitrogens is 4. The van der Waals surface area contributed by atoms with Crippen LogP contribution in [0.5, 0.6) is 0 Å². The normalized spacial score (nSPS) is 14.8. The summed E-state index contributed by atoms with van der Waals surface area (Å²) in [5.41, 5.74) is 7.87. The Balaban J connectivity index is 1.61. The average molecular weight is 364 g/mol. The number of fused-ring (bicyclic) bond motifs is 2. The second-order valence-corrected chi connectivity index (χ2v) is 7.10. The molecule has 0 bridgehead atoms. The molecule has 0 amide bonds. The van der Waals surface area contributed by atoms with Crippen molar-refractivity contribution in [2.24, 2.45) is 0 Å². The van der Waals surface area contributed by atoms with Crippen LogP contribution in [0.1, 0.15) is 35.9 Å². The summed E-state index contributed by atoms with van der Waals surface area (Å²) >= 11 is 0. The van der Waals surface area contributed by atoms with Gasteiger partial charge >= 0.3 is 0 Å². The minimum absolute atomic E-state index is 0.754. The van der Waals surface area contributed by atoms with E-state index in [1.54, 1.807) is 0 Å². The zero-order valence-corrected chi connectivity index (χ0v) is 15.7. The summed E-state index contributed by atoms with van der Waals surface area (Å²) in [5, 5.41) is 16.9. The van der Waals surface area contributed by atoms with E-state index >= 15 is 0 Å². The van der Waals surface area contributed by atoms with Crippen LogP contribution in [0.15, 0.2) is 72.3 Å². The van der Waals surface area contributed by atoms with Crippen LogP contribution in [0.25, 0.3) is 28.0 Å². The molecular weight excluding hydrogens is 344 g/mol. The predicted octanol–water partition coefficient (Wildman–Crippen LogP) is 5.31. The lowest BCUT2D eigenvalue weighted by Crippen LogP contribution is -1.92. The summed E-state index contributed by atoms with van der Waals surface area (Å²) in [6, 6.07) is 23.7. The molecule has 0 saturated carbocycles. The van der Waals surface area contributed by atoms with Gasteiger partial charge in [-0.25, -0.2) is 0 Å². The van der Waals surface area contributed by atoms with Gasteiger partial charge in [-0.3, -0.25) is 0 Å². The van der Waals surface area contributed by atoms with E-state index in [0.29, 0.717) is 0 Å². The molecule has 136 valence electrons. The van der Waals surface area contributed by atoms with Crippen LogP contribution in [-0.4, -0.2) is 20.6 Å². The number of rotatable bonds is 4. The first-order chi connectivity index (χ1) is 13.8. The lowest BCUT2D eigenvalue weighted by molar-refractivity contribution is 0.881. The van der Waals surface area contributed by atoms with Gasteiger partial charge in [0, 0.05) is 6.42 Å². The monoisotopic (exact) mass is 364 g/mol. The number of hydrogen-bond donors (Lipinski definition) is 1. The molecule has 3 aromatic carbocycles. The lowest BCUT2D eigenvalue weighted by Gasteiger charge is -2.07. The predicted molar refractivity (Wildman–Crippen MR) is 113 cm³/mol. The second kappa shape index (κ2) is 6.89. The van der Waals surface area contributed by atoms with Gasteiger partial charge in [0.25, 0.3) is 0 Å². The first kappa shape index (κ1) is 16.6. The number of H-pyrrole nitrogens is 1. The lowest BCUT2D eigenvalue weighted by atomic mass is 9.97. The summed E-state index contributed by atoms with van der Waals surface area (Å²) < 4.78 is 0. The smallest absolute Gasteiger partial charge is 0.174 e. The molecule has 4 heteroatoms. The third-order valence-electron chi connectivity index (χ3n) is 5.51. The Morgan fingerprint density at radius 2 is 1.64 bits per heavy atom. The van der Waals surface area contributed by atoms with Crippen LogP contribution in [0.3, 0.4) is 0 Å². The van der Waals surface area contributed by atoms with E-state index in [0.717, 1.165) is 18.7 Å². The van der Waals surface area contributed by atoms with Crippen molar-refractivity contribution >= 4 is 28.0 Å². The van der Waals surface area contributed by atoms with Crippen LogP contribution in [0.4, 0.5) is 0 Å². The van der Waals surface area contributed by atoms with Gasteiger partial charge in [-0.1, -0.05) is 71.9 Å². The minimum Gasteiger partial charge on any atom is -0.177 e. The third-order valence-corrected chi connectivity index (χ3v) is 5.51. The van der Waals surface area contributed by atoms with E-state index in [-0.39, 0.29) is 0 Å². The minimum atomic E-state index is 0.754. The van der Waals surface area contributed by atoms with Crippen molar-refractivity contribution < 1.29 is 0 Å². The molecule has 0 fully saturated rings.